The zero-order valence-electron chi connectivity index (χ0n) is 15.1. The maximum absolute atomic E-state index is 12.7. The summed E-state index contributed by atoms with van der Waals surface area (Å²) in [6, 6.07) is 14.3. The van der Waals surface area contributed by atoms with Crippen LogP contribution in [-0.4, -0.2) is 38.3 Å². The van der Waals surface area contributed by atoms with E-state index < -0.39 is 0 Å². The highest BCUT2D eigenvalue weighted by molar-refractivity contribution is 5.83. The molecule has 0 bridgehead atoms. The summed E-state index contributed by atoms with van der Waals surface area (Å²) in [6.07, 6.45) is 8.45. The minimum atomic E-state index is 0.177. The molecule has 3 aromatic heterocycles. The first-order chi connectivity index (χ1) is 13.3. The van der Waals surface area contributed by atoms with E-state index in [-0.39, 0.29) is 5.91 Å². The van der Waals surface area contributed by atoms with E-state index in [4.69, 9.17) is 0 Å². The summed E-state index contributed by atoms with van der Waals surface area (Å²) in [4.78, 5) is 22.6. The maximum atomic E-state index is 12.7. The van der Waals surface area contributed by atoms with Crippen LogP contribution in [0.3, 0.4) is 0 Å². The van der Waals surface area contributed by atoms with Crippen LogP contribution in [-0.2, 0) is 11.2 Å². The summed E-state index contributed by atoms with van der Waals surface area (Å²) in [5, 5.41) is 1.31. The highest BCUT2D eigenvalue weighted by Gasteiger charge is 2.25. The van der Waals surface area contributed by atoms with Gasteiger partial charge < -0.3 is 14.3 Å². The molecule has 0 radical (unpaired) electrons. The lowest BCUT2D eigenvalue weighted by Gasteiger charge is -2.32. The molecule has 136 valence electrons. The molecular formula is C22H22N4O. The fourth-order valence-electron chi connectivity index (χ4n) is 4.21. The second kappa shape index (κ2) is 6.58. The van der Waals surface area contributed by atoms with Crippen LogP contribution in [0, 0.1) is 0 Å². The first kappa shape index (κ1) is 16.1. The van der Waals surface area contributed by atoms with Crippen LogP contribution < -0.4 is 0 Å². The van der Waals surface area contributed by atoms with Crippen molar-refractivity contribution >= 4 is 22.5 Å². The number of H-pyrrole nitrogens is 1. The van der Waals surface area contributed by atoms with Gasteiger partial charge in [-0.1, -0.05) is 24.3 Å². The summed E-state index contributed by atoms with van der Waals surface area (Å²) in [6.45, 7) is 1.63. The first-order valence-electron chi connectivity index (χ1n) is 9.54. The van der Waals surface area contributed by atoms with E-state index >= 15 is 0 Å². The predicted octanol–water partition coefficient (Wildman–Crippen LogP) is 3.76. The van der Waals surface area contributed by atoms with Crippen LogP contribution in [0.1, 0.15) is 30.0 Å². The number of carbonyl (C=O) groups is 1. The third-order valence-electron chi connectivity index (χ3n) is 5.65. The Morgan fingerprint density at radius 2 is 1.93 bits per heavy atom. The number of nitrogens with zero attached hydrogens (tertiary/aromatic N) is 3. The molecule has 27 heavy (non-hydrogen) atoms. The molecule has 4 heterocycles. The molecule has 1 saturated heterocycles. The van der Waals surface area contributed by atoms with Gasteiger partial charge in [0.1, 0.15) is 5.65 Å². The van der Waals surface area contributed by atoms with Gasteiger partial charge in [-0.05, 0) is 42.5 Å². The number of para-hydroxylation sites is 1. The molecule has 4 aromatic rings. The van der Waals surface area contributed by atoms with Crippen molar-refractivity contribution in [2.75, 3.05) is 13.1 Å². The summed E-state index contributed by atoms with van der Waals surface area (Å²) >= 11 is 0. The third-order valence-corrected chi connectivity index (χ3v) is 5.65. The molecule has 1 aliphatic heterocycles. The number of imidazole rings is 1. The number of amides is 1. The van der Waals surface area contributed by atoms with Crippen molar-refractivity contribution in [3.63, 3.8) is 0 Å². The number of nitrogens with one attached hydrogen (secondary N) is 1. The second-order valence-electron chi connectivity index (χ2n) is 7.32. The lowest BCUT2D eigenvalue weighted by Crippen LogP contribution is -2.38. The standard InChI is InChI=1S/C22H22N4O/c27-22(13-17-15-26-10-4-3-7-21(26)24-17)25-11-8-16(9-12-25)19-14-23-20-6-2-1-5-18(19)20/h1-7,10,14-16,23H,8-9,11-13H2. The normalized spacial score (nSPS) is 15.6. The van der Waals surface area contributed by atoms with Crippen LogP contribution in [0.25, 0.3) is 16.6 Å². The van der Waals surface area contributed by atoms with Gasteiger partial charge in [-0.25, -0.2) is 4.98 Å². The molecule has 0 unspecified atom stereocenters. The zero-order chi connectivity index (χ0) is 18.2. The molecule has 0 spiro atoms. The van der Waals surface area contributed by atoms with Crippen LogP contribution in [0.4, 0.5) is 0 Å². The Morgan fingerprint density at radius 1 is 1.11 bits per heavy atom. The quantitative estimate of drug-likeness (QED) is 0.606. The molecule has 5 heteroatoms. The minimum Gasteiger partial charge on any atom is -0.361 e. The number of likely N-dealkylation sites (tertiary alicyclic amines) is 1. The molecule has 1 aromatic carbocycles. The Kier molecular flexibility index (Phi) is 3.93. The van der Waals surface area contributed by atoms with E-state index in [0.29, 0.717) is 12.3 Å². The van der Waals surface area contributed by atoms with Gasteiger partial charge in [0.25, 0.3) is 0 Å². The lowest BCUT2D eigenvalue weighted by atomic mass is 9.89. The van der Waals surface area contributed by atoms with Crippen molar-refractivity contribution in [3.8, 4) is 0 Å². The number of carbonyl (C=O) groups excluding carboxylic acids is 1. The number of rotatable bonds is 3. The van der Waals surface area contributed by atoms with Gasteiger partial charge in [0, 0.05) is 42.6 Å². The Bertz CT molecular complexity index is 1070. The van der Waals surface area contributed by atoms with Gasteiger partial charge in [0.2, 0.25) is 5.91 Å². The van der Waals surface area contributed by atoms with Crippen molar-refractivity contribution in [2.45, 2.75) is 25.2 Å². The summed E-state index contributed by atoms with van der Waals surface area (Å²) in [5.41, 5.74) is 4.30. The van der Waals surface area contributed by atoms with Crippen molar-refractivity contribution in [1.29, 1.82) is 0 Å². The van der Waals surface area contributed by atoms with Crippen LogP contribution in [0.15, 0.2) is 61.1 Å². The largest absolute Gasteiger partial charge is 0.361 e. The first-order valence-corrected chi connectivity index (χ1v) is 9.54. The number of aromatic amines is 1. The molecule has 0 saturated carbocycles. The van der Waals surface area contributed by atoms with E-state index in [1.807, 2.05) is 39.9 Å². The Balaban J connectivity index is 1.25. The smallest absolute Gasteiger partial charge is 0.228 e. The van der Waals surface area contributed by atoms with Crippen LogP contribution in [0.5, 0.6) is 0 Å². The number of piperidine rings is 1. The molecule has 1 amide bonds. The highest BCUT2D eigenvalue weighted by atomic mass is 16.2. The predicted molar refractivity (Wildman–Crippen MR) is 106 cm³/mol. The van der Waals surface area contributed by atoms with Gasteiger partial charge in [-0.3, -0.25) is 4.79 Å². The highest BCUT2D eigenvalue weighted by Crippen LogP contribution is 2.33. The molecule has 5 nitrogen and oxygen atoms in total. The summed E-state index contributed by atoms with van der Waals surface area (Å²) < 4.78 is 1.96. The summed E-state index contributed by atoms with van der Waals surface area (Å²) in [5.74, 6) is 0.691. The average molecular weight is 358 g/mol. The van der Waals surface area contributed by atoms with Crippen molar-refractivity contribution in [1.82, 2.24) is 19.3 Å². The lowest BCUT2D eigenvalue weighted by molar-refractivity contribution is -0.131. The number of fused-ring (bicyclic) bond motifs is 2. The maximum Gasteiger partial charge on any atom is 0.228 e. The molecule has 1 aliphatic rings. The minimum absolute atomic E-state index is 0.177. The molecule has 0 aliphatic carbocycles. The van der Waals surface area contributed by atoms with E-state index in [2.05, 4.69) is 40.4 Å². The Labute approximate surface area is 157 Å². The van der Waals surface area contributed by atoms with E-state index in [0.717, 1.165) is 37.3 Å². The fraction of sp³-hybridized carbons (Fsp3) is 0.273. The number of aromatic nitrogens is 3. The molecule has 1 fully saturated rings. The fourth-order valence-corrected chi connectivity index (χ4v) is 4.21. The van der Waals surface area contributed by atoms with Gasteiger partial charge in [0.05, 0.1) is 12.1 Å². The Hall–Kier alpha value is -3.08. The molecule has 5 rings (SSSR count). The number of hydrogen-bond donors (Lipinski definition) is 1. The summed E-state index contributed by atoms with van der Waals surface area (Å²) in [7, 11) is 0. The number of hydrogen-bond acceptors (Lipinski definition) is 2. The topological polar surface area (TPSA) is 53.4 Å². The Morgan fingerprint density at radius 3 is 2.78 bits per heavy atom. The second-order valence-corrected chi connectivity index (χ2v) is 7.32. The number of benzene rings is 1. The van der Waals surface area contributed by atoms with E-state index in [1.165, 1.54) is 16.5 Å². The molecule has 1 N–H and O–H groups in total. The van der Waals surface area contributed by atoms with Crippen molar-refractivity contribution < 1.29 is 4.79 Å². The molecular weight excluding hydrogens is 336 g/mol. The van der Waals surface area contributed by atoms with Gasteiger partial charge in [0.15, 0.2) is 0 Å². The van der Waals surface area contributed by atoms with Crippen molar-refractivity contribution in [3.05, 3.63) is 72.3 Å². The van der Waals surface area contributed by atoms with E-state index in [9.17, 15) is 4.79 Å². The van der Waals surface area contributed by atoms with E-state index in [1.54, 1.807) is 0 Å². The van der Waals surface area contributed by atoms with Gasteiger partial charge in [-0.15, -0.1) is 0 Å². The average Bonchev–Trinajstić information content (AvgIpc) is 3.31. The van der Waals surface area contributed by atoms with Gasteiger partial charge in [-0.2, -0.15) is 0 Å². The number of pyridine rings is 1. The zero-order valence-corrected chi connectivity index (χ0v) is 15.1. The SMILES string of the molecule is O=C(Cc1cn2ccccc2n1)N1CCC(c2c[nH]c3ccccc23)CC1. The molecule has 0 atom stereocenters. The third kappa shape index (κ3) is 2.99. The monoisotopic (exact) mass is 358 g/mol. The van der Waals surface area contributed by atoms with Gasteiger partial charge >= 0.3 is 0 Å². The van der Waals surface area contributed by atoms with Crippen LogP contribution >= 0.6 is 0 Å². The van der Waals surface area contributed by atoms with Crippen LogP contribution in [0.2, 0.25) is 0 Å². The van der Waals surface area contributed by atoms with Crippen molar-refractivity contribution in [2.24, 2.45) is 0 Å².